The van der Waals surface area contributed by atoms with Gasteiger partial charge >= 0.3 is 0 Å². The van der Waals surface area contributed by atoms with Crippen LogP contribution in [0.4, 0.5) is 11.4 Å². The largest absolute Gasteiger partial charge is 0.497 e. The number of anilines is 2. The molecule has 0 spiro atoms. The average Bonchev–Trinajstić information content (AvgIpc) is 2.99. The maximum Gasteiger partial charge on any atom is 0.266 e. The SMILES string of the molecule is COc1ccc(CC(=O)Nc2cccc(N3C(=O)c4ccccc4C3=O)c2)cc1. The number of methoxy groups -OCH3 is 1. The summed E-state index contributed by atoms with van der Waals surface area (Å²) in [5.74, 6) is -0.211. The highest BCUT2D eigenvalue weighted by Crippen LogP contribution is 2.29. The van der Waals surface area contributed by atoms with E-state index >= 15 is 0 Å². The van der Waals surface area contributed by atoms with Gasteiger partial charge in [0.25, 0.3) is 11.8 Å². The number of amides is 3. The van der Waals surface area contributed by atoms with E-state index in [1.165, 1.54) is 0 Å². The Morgan fingerprint density at radius 2 is 1.55 bits per heavy atom. The summed E-state index contributed by atoms with van der Waals surface area (Å²) in [6.45, 7) is 0. The molecule has 0 atom stereocenters. The monoisotopic (exact) mass is 386 g/mol. The van der Waals surface area contributed by atoms with Crippen molar-refractivity contribution in [1.29, 1.82) is 0 Å². The van der Waals surface area contributed by atoms with Crippen LogP contribution in [0, 0.1) is 0 Å². The second kappa shape index (κ2) is 7.59. The van der Waals surface area contributed by atoms with Crippen LogP contribution < -0.4 is 15.0 Å². The van der Waals surface area contributed by atoms with Gasteiger partial charge in [0.1, 0.15) is 5.75 Å². The summed E-state index contributed by atoms with van der Waals surface area (Å²) in [4.78, 5) is 38.8. The molecule has 4 rings (SSSR count). The van der Waals surface area contributed by atoms with Gasteiger partial charge in [-0.05, 0) is 48.0 Å². The van der Waals surface area contributed by atoms with Gasteiger partial charge in [-0.2, -0.15) is 0 Å². The maximum absolute atomic E-state index is 12.6. The summed E-state index contributed by atoms with van der Waals surface area (Å²) in [6, 6.07) is 20.7. The van der Waals surface area contributed by atoms with E-state index in [0.717, 1.165) is 16.2 Å². The fourth-order valence-corrected chi connectivity index (χ4v) is 3.28. The normalized spacial score (nSPS) is 12.7. The molecule has 0 radical (unpaired) electrons. The van der Waals surface area contributed by atoms with E-state index in [0.29, 0.717) is 22.5 Å². The maximum atomic E-state index is 12.6. The molecule has 0 fully saturated rings. The van der Waals surface area contributed by atoms with Crippen molar-refractivity contribution in [2.45, 2.75) is 6.42 Å². The van der Waals surface area contributed by atoms with Crippen molar-refractivity contribution in [2.75, 3.05) is 17.3 Å². The zero-order valence-electron chi connectivity index (χ0n) is 15.7. The van der Waals surface area contributed by atoms with Gasteiger partial charge in [-0.1, -0.05) is 30.3 Å². The van der Waals surface area contributed by atoms with E-state index in [9.17, 15) is 14.4 Å². The van der Waals surface area contributed by atoms with Crippen LogP contribution in [0.15, 0.2) is 72.8 Å². The number of imide groups is 1. The molecule has 0 saturated heterocycles. The first-order valence-corrected chi connectivity index (χ1v) is 9.07. The van der Waals surface area contributed by atoms with E-state index in [4.69, 9.17) is 4.74 Å². The number of hydrogen-bond donors (Lipinski definition) is 1. The molecule has 1 aliphatic heterocycles. The number of nitrogens with zero attached hydrogens (tertiary/aromatic N) is 1. The van der Waals surface area contributed by atoms with Gasteiger partial charge in [0, 0.05) is 5.69 Å². The van der Waals surface area contributed by atoms with Crippen LogP contribution in [0.2, 0.25) is 0 Å². The number of ether oxygens (including phenoxy) is 1. The van der Waals surface area contributed by atoms with Crippen molar-refractivity contribution in [2.24, 2.45) is 0 Å². The Bertz CT molecular complexity index is 1070. The van der Waals surface area contributed by atoms with Crippen molar-refractivity contribution in [1.82, 2.24) is 0 Å². The number of fused-ring (bicyclic) bond motifs is 1. The molecule has 6 heteroatoms. The Balaban J connectivity index is 1.50. The molecule has 1 heterocycles. The van der Waals surface area contributed by atoms with Crippen molar-refractivity contribution < 1.29 is 19.1 Å². The Labute approximate surface area is 167 Å². The molecule has 0 saturated carbocycles. The van der Waals surface area contributed by atoms with Gasteiger partial charge in [0.2, 0.25) is 5.91 Å². The highest BCUT2D eigenvalue weighted by Gasteiger charge is 2.36. The highest BCUT2D eigenvalue weighted by molar-refractivity contribution is 6.34. The van der Waals surface area contributed by atoms with E-state index in [-0.39, 0.29) is 24.1 Å². The highest BCUT2D eigenvalue weighted by atomic mass is 16.5. The molecule has 0 aliphatic carbocycles. The fourth-order valence-electron chi connectivity index (χ4n) is 3.28. The molecular formula is C23H18N2O4. The number of carbonyl (C=O) groups excluding carboxylic acids is 3. The Hall–Kier alpha value is -3.93. The van der Waals surface area contributed by atoms with Gasteiger partial charge in [-0.25, -0.2) is 4.90 Å². The van der Waals surface area contributed by atoms with Gasteiger partial charge in [-0.3, -0.25) is 14.4 Å². The second-order valence-corrected chi connectivity index (χ2v) is 6.61. The first kappa shape index (κ1) is 18.4. The Morgan fingerprint density at radius 3 is 2.17 bits per heavy atom. The van der Waals surface area contributed by atoms with E-state index < -0.39 is 0 Å². The Kier molecular flexibility index (Phi) is 4.83. The summed E-state index contributed by atoms with van der Waals surface area (Å²) in [6.07, 6.45) is 0.196. The lowest BCUT2D eigenvalue weighted by molar-refractivity contribution is -0.115. The summed E-state index contributed by atoms with van der Waals surface area (Å²) in [5.41, 5.74) is 2.54. The molecule has 0 unspecified atom stereocenters. The molecular weight excluding hydrogens is 368 g/mol. The molecule has 3 amide bonds. The summed E-state index contributed by atoms with van der Waals surface area (Å²) in [5, 5.41) is 2.81. The second-order valence-electron chi connectivity index (χ2n) is 6.61. The van der Waals surface area contributed by atoms with Crippen molar-refractivity contribution in [3.8, 4) is 5.75 Å². The molecule has 3 aromatic rings. The van der Waals surface area contributed by atoms with E-state index in [1.54, 1.807) is 67.8 Å². The predicted octanol–water partition coefficient (Wildman–Crippen LogP) is 3.68. The zero-order valence-corrected chi connectivity index (χ0v) is 15.7. The van der Waals surface area contributed by atoms with Crippen molar-refractivity contribution in [3.63, 3.8) is 0 Å². The van der Waals surface area contributed by atoms with E-state index in [2.05, 4.69) is 5.32 Å². The fraction of sp³-hybridized carbons (Fsp3) is 0.0870. The number of carbonyl (C=O) groups is 3. The Morgan fingerprint density at radius 1 is 0.897 bits per heavy atom. The van der Waals surface area contributed by atoms with Crippen LogP contribution >= 0.6 is 0 Å². The third-order valence-electron chi connectivity index (χ3n) is 4.71. The minimum Gasteiger partial charge on any atom is -0.497 e. The summed E-state index contributed by atoms with van der Waals surface area (Å²) >= 11 is 0. The minimum atomic E-state index is -0.368. The minimum absolute atomic E-state index is 0.196. The quantitative estimate of drug-likeness (QED) is 0.679. The predicted molar refractivity (Wildman–Crippen MR) is 109 cm³/mol. The van der Waals surface area contributed by atoms with Crippen LogP contribution in [0.5, 0.6) is 5.75 Å². The number of benzene rings is 3. The molecule has 3 aromatic carbocycles. The van der Waals surface area contributed by atoms with Crippen LogP contribution in [-0.2, 0) is 11.2 Å². The summed E-state index contributed by atoms with van der Waals surface area (Å²) in [7, 11) is 1.59. The topological polar surface area (TPSA) is 75.7 Å². The lowest BCUT2D eigenvalue weighted by Crippen LogP contribution is -2.29. The average molecular weight is 386 g/mol. The molecule has 144 valence electrons. The molecule has 0 aromatic heterocycles. The van der Waals surface area contributed by atoms with Crippen molar-refractivity contribution in [3.05, 3.63) is 89.5 Å². The molecule has 0 bridgehead atoms. The lowest BCUT2D eigenvalue weighted by atomic mass is 10.1. The number of nitrogens with one attached hydrogen (secondary N) is 1. The lowest BCUT2D eigenvalue weighted by Gasteiger charge is -2.15. The molecule has 6 nitrogen and oxygen atoms in total. The summed E-state index contributed by atoms with van der Waals surface area (Å²) < 4.78 is 5.11. The first-order valence-electron chi connectivity index (χ1n) is 9.07. The van der Waals surface area contributed by atoms with Gasteiger partial charge in [0.05, 0.1) is 30.3 Å². The van der Waals surface area contributed by atoms with Crippen molar-refractivity contribution >= 4 is 29.1 Å². The third kappa shape index (κ3) is 3.60. The number of rotatable bonds is 5. The first-order chi connectivity index (χ1) is 14.1. The van der Waals surface area contributed by atoms with Gasteiger partial charge in [-0.15, -0.1) is 0 Å². The number of hydrogen-bond acceptors (Lipinski definition) is 4. The van der Waals surface area contributed by atoms with Crippen LogP contribution in [0.3, 0.4) is 0 Å². The molecule has 29 heavy (non-hydrogen) atoms. The molecule has 1 N–H and O–H groups in total. The van der Waals surface area contributed by atoms with Crippen LogP contribution in [-0.4, -0.2) is 24.8 Å². The third-order valence-corrected chi connectivity index (χ3v) is 4.71. The van der Waals surface area contributed by atoms with Crippen LogP contribution in [0.25, 0.3) is 0 Å². The smallest absolute Gasteiger partial charge is 0.266 e. The van der Waals surface area contributed by atoms with Crippen LogP contribution in [0.1, 0.15) is 26.3 Å². The zero-order chi connectivity index (χ0) is 20.4. The van der Waals surface area contributed by atoms with E-state index in [1.807, 2.05) is 12.1 Å². The standard InChI is InChI=1S/C23H18N2O4/c1-29-18-11-9-15(10-12-18)13-21(26)24-16-5-4-6-17(14-16)25-22(27)19-7-2-3-8-20(19)23(25)28/h2-12,14H,13H2,1H3,(H,24,26). The van der Waals surface area contributed by atoms with Gasteiger partial charge in [0.15, 0.2) is 0 Å². The van der Waals surface area contributed by atoms with Gasteiger partial charge < -0.3 is 10.1 Å². The molecule has 1 aliphatic rings.